The molecule has 9 nitrogen and oxygen atoms in total. The van der Waals surface area contributed by atoms with E-state index in [4.69, 9.17) is 5.11 Å². The van der Waals surface area contributed by atoms with Crippen molar-refractivity contribution in [2.75, 3.05) is 13.2 Å². The molecule has 0 aliphatic heterocycles. The molecule has 6 N–H and O–H groups in total. The van der Waals surface area contributed by atoms with Crippen molar-refractivity contribution in [3.8, 4) is 0 Å². The average Bonchev–Trinajstić information content (AvgIpc) is 2.35. The van der Waals surface area contributed by atoms with Gasteiger partial charge in [0.1, 0.15) is 24.4 Å². The first-order chi connectivity index (χ1) is 8.76. The van der Waals surface area contributed by atoms with E-state index in [-0.39, 0.29) is 0 Å². The maximum Gasteiger partial charge on any atom is 0.238 e. The van der Waals surface area contributed by atoms with Crippen LogP contribution in [0, 0.1) is 0 Å². The predicted octanol–water partition coefficient (Wildman–Crippen LogP) is -3.68. The third kappa shape index (κ3) is 5.09. The zero-order chi connectivity index (χ0) is 15.2. The molecule has 0 unspecified atom stereocenters. The first-order valence-electron chi connectivity index (χ1n) is 5.59. The summed E-state index contributed by atoms with van der Waals surface area (Å²) in [6, 6.07) is -1.36. The van der Waals surface area contributed by atoms with Gasteiger partial charge in [-0.15, -0.1) is 0 Å². The fourth-order valence-electron chi connectivity index (χ4n) is 1.47. The Bertz CT molecular complexity index is 312. The lowest BCUT2D eigenvalue weighted by molar-refractivity contribution is -0.155. The van der Waals surface area contributed by atoms with Crippen LogP contribution in [-0.4, -0.2) is 79.9 Å². The number of hydrazine groups is 1. The molecule has 0 bridgehead atoms. The Balaban J connectivity index is 5.03. The fourth-order valence-corrected chi connectivity index (χ4v) is 1.47. The normalized spacial score (nSPS) is 17.2. The highest BCUT2D eigenvalue weighted by Crippen LogP contribution is 2.10. The van der Waals surface area contributed by atoms with Crippen LogP contribution in [0.5, 0.6) is 0 Å². The molecule has 0 saturated heterocycles. The van der Waals surface area contributed by atoms with Gasteiger partial charge in [-0.2, -0.15) is 0 Å². The highest BCUT2D eigenvalue weighted by molar-refractivity contribution is 5.79. The molecule has 19 heavy (non-hydrogen) atoms. The van der Waals surface area contributed by atoms with Crippen LogP contribution in [0.4, 0.5) is 0 Å². The number of aliphatic hydroxyl groups excluding tert-OH is 5. The maximum absolute atomic E-state index is 11.3. The SMILES string of the molecule is CC(=O)NN(C(C)=O)[C@H](CO)[C@H](O)[C@H](O)[C@H](O)CO. The quantitative estimate of drug-likeness (QED) is 0.274. The Morgan fingerprint density at radius 2 is 1.58 bits per heavy atom. The third-order valence-electron chi connectivity index (χ3n) is 2.46. The van der Waals surface area contributed by atoms with Crippen molar-refractivity contribution in [2.24, 2.45) is 0 Å². The molecule has 0 saturated carbocycles. The second-order valence-electron chi connectivity index (χ2n) is 4.04. The highest BCUT2D eigenvalue weighted by atomic mass is 16.4. The molecule has 0 fully saturated rings. The van der Waals surface area contributed by atoms with Crippen LogP contribution >= 0.6 is 0 Å². The fraction of sp³-hybridized carbons (Fsp3) is 0.800. The highest BCUT2D eigenvalue weighted by Gasteiger charge is 2.36. The van der Waals surface area contributed by atoms with Gasteiger partial charge >= 0.3 is 0 Å². The van der Waals surface area contributed by atoms with E-state index in [1.807, 2.05) is 0 Å². The summed E-state index contributed by atoms with van der Waals surface area (Å²) in [4.78, 5) is 22.3. The summed E-state index contributed by atoms with van der Waals surface area (Å²) in [5.74, 6) is -1.29. The van der Waals surface area contributed by atoms with Gasteiger partial charge < -0.3 is 25.5 Å². The molecule has 0 spiro atoms. The minimum atomic E-state index is -1.79. The van der Waals surface area contributed by atoms with Crippen LogP contribution in [-0.2, 0) is 9.59 Å². The minimum Gasteiger partial charge on any atom is -0.394 e. The summed E-state index contributed by atoms with van der Waals surface area (Å²) in [6.45, 7) is 0.628. The number of aliphatic hydroxyl groups is 5. The molecule has 0 aromatic rings. The van der Waals surface area contributed by atoms with Gasteiger partial charge in [0.25, 0.3) is 0 Å². The van der Waals surface area contributed by atoms with E-state index < -0.39 is 49.4 Å². The van der Waals surface area contributed by atoms with Crippen LogP contribution in [0.3, 0.4) is 0 Å². The number of carbonyl (C=O) groups excluding carboxylic acids is 2. The molecule has 0 aromatic heterocycles. The Kier molecular flexibility index (Phi) is 7.49. The lowest BCUT2D eigenvalue weighted by atomic mass is 10.0. The van der Waals surface area contributed by atoms with Gasteiger partial charge in [0.15, 0.2) is 0 Å². The second-order valence-corrected chi connectivity index (χ2v) is 4.04. The van der Waals surface area contributed by atoms with Crippen LogP contribution in [0.15, 0.2) is 0 Å². The lowest BCUT2D eigenvalue weighted by Gasteiger charge is -2.35. The molecule has 0 aromatic carbocycles. The van der Waals surface area contributed by atoms with Crippen LogP contribution in [0.2, 0.25) is 0 Å². The summed E-state index contributed by atoms with van der Waals surface area (Å²) in [6.07, 6.45) is -5.20. The number of nitrogens with one attached hydrogen (secondary N) is 1. The lowest BCUT2D eigenvalue weighted by Crippen LogP contribution is -2.60. The molecule has 2 amide bonds. The van der Waals surface area contributed by atoms with Crippen molar-refractivity contribution < 1.29 is 35.1 Å². The third-order valence-corrected chi connectivity index (χ3v) is 2.46. The van der Waals surface area contributed by atoms with Crippen molar-refractivity contribution in [2.45, 2.75) is 38.2 Å². The van der Waals surface area contributed by atoms with Crippen molar-refractivity contribution in [3.63, 3.8) is 0 Å². The molecular weight excluding hydrogens is 260 g/mol. The summed E-state index contributed by atoms with van der Waals surface area (Å²) < 4.78 is 0. The van der Waals surface area contributed by atoms with Crippen molar-refractivity contribution in [1.82, 2.24) is 10.4 Å². The number of nitrogens with zero attached hydrogens (tertiary/aromatic N) is 1. The molecule has 9 heteroatoms. The first-order valence-corrected chi connectivity index (χ1v) is 5.59. The summed E-state index contributed by atoms with van der Waals surface area (Å²) >= 11 is 0. The molecule has 112 valence electrons. The van der Waals surface area contributed by atoms with E-state index in [0.29, 0.717) is 5.01 Å². The Morgan fingerprint density at radius 3 is 1.89 bits per heavy atom. The van der Waals surface area contributed by atoms with E-state index in [0.717, 1.165) is 13.8 Å². The molecule has 0 aliphatic rings. The molecule has 0 heterocycles. The van der Waals surface area contributed by atoms with Crippen molar-refractivity contribution >= 4 is 11.8 Å². The molecule has 0 rings (SSSR count). The largest absolute Gasteiger partial charge is 0.394 e. The maximum atomic E-state index is 11.3. The zero-order valence-electron chi connectivity index (χ0n) is 10.7. The summed E-state index contributed by atoms with van der Waals surface area (Å²) in [7, 11) is 0. The van der Waals surface area contributed by atoms with Crippen molar-refractivity contribution in [3.05, 3.63) is 0 Å². The van der Waals surface area contributed by atoms with Gasteiger partial charge in [-0.05, 0) is 0 Å². The number of hydrogen-bond donors (Lipinski definition) is 6. The van der Waals surface area contributed by atoms with Gasteiger partial charge in [0.2, 0.25) is 11.8 Å². The Hall–Kier alpha value is -1.26. The van der Waals surface area contributed by atoms with Crippen LogP contribution in [0.1, 0.15) is 13.8 Å². The number of carbonyl (C=O) groups is 2. The van der Waals surface area contributed by atoms with E-state index in [1.54, 1.807) is 0 Å². The minimum absolute atomic E-state index is 0.613. The van der Waals surface area contributed by atoms with Gasteiger partial charge in [-0.25, -0.2) is 5.01 Å². The topological polar surface area (TPSA) is 151 Å². The van der Waals surface area contributed by atoms with E-state index in [2.05, 4.69) is 5.43 Å². The van der Waals surface area contributed by atoms with E-state index in [9.17, 15) is 30.0 Å². The molecule has 0 radical (unpaired) electrons. The Labute approximate surface area is 110 Å². The monoisotopic (exact) mass is 280 g/mol. The van der Waals surface area contributed by atoms with Crippen LogP contribution < -0.4 is 5.43 Å². The van der Waals surface area contributed by atoms with Crippen molar-refractivity contribution in [1.29, 1.82) is 0 Å². The van der Waals surface area contributed by atoms with E-state index >= 15 is 0 Å². The smallest absolute Gasteiger partial charge is 0.238 e. The van der Waals surface area contributed by atoms with Gasteiger partial charge in [-0.1, -0.05) is 0 Å². The zero-order valence-corrected chi connectivity index (χ0v) is 10.7. The second kappa shape index (κ2) is 8.02. The van der Waals surface area contributed by atoms with Gasteiger partial charge in [-0.3, -0.25) is 15.0 Å². The first kappa shape index (κ1) is 17.7. The van der Waals surface area contributed by atoms with Gasteiger partial charge in [0, 0.05) is 13.8 Å². The van der Waals surface area contributed by atoms with Gasteiger partial charge in [0.05, 0.1) is 13.2 Å². The average molecular weight is 280 g/mol. The predicted molar refractivity (Wildman–Crippen MR) is 62.3 cm³/mol. The molecule has 0 aliphatic carbocycles. The van der Waals surface area contributed by atoms with Crippen LogP contribution in [0.25, 0.3) is 0 Å². The standard InChI is InChI=1S/C10H20N2O7/c1-5(15)11-12(6(2)16)7(3-13)9(18)10(19)8(17)4-14/h7-10,13-14,17-19H,3-4H2,1-2H3,(H,11,15)/t7-,8-,9+,10-/m1/s1. The number of rotatable bonds is 6. The summed E-state index contributed by atoms with van der Waals surface area (Å²) in [5.41, 5.74) is 2.09. The number of amides is 2. The molecular formula is C10H20N2O7. The number of hydrogen-bond acceptors (Lipinski definition) is 7. The van der Waals surface area contributed by atoms with E-state index in [1.165, 1.54) is 0 Å². The Morgan fingerprint density at radius 1 is 1.05 bits per heavy atom. The summed E-state index contributed by atoms with van der Waals surface area (Å²) in [5, 5.41) is 47.0. The molecule has 4 atom stereocenters.